The maximum Gasteiger partial charge on any atom is 0.573 e. The summed E-state index contributed by atoms with van der Waals surface area (Å²) in [4.78, 5) is 7.00. The molecule has 0 saturated heterocycles. The maximum atomic E-state index is 13.6. The molecule has 108 valence electrons. The summed E-state index contributed by atoms with van der Waals surface area (Å²) in [7, 11) is 0. The topological polar surface area (TPSA) is 63.7 Å². The van der Waals surface area contributed by atoms with Crippen LogP contribution in [0.15, 0.2) is 30.6 Å². The van der Waals surface area contributed by atoms with Crippen molar-refractivity contribution in [3.63, 3.8) is 0 Å². The molecule has 0 aliphatic heterocycles. The molecule has 0 saturated carbocycles. The normalized spacial score (nSPS) is 11.8. The minimum atomic E-state index is -4.95. The SMILES string of the molecule is Fc1cc(-c2nc3cnncc3[nH]2)ccc1OC(F)(F)F. The minimum absolute atomic E-state index is 0.276. The van der Waals surface area contributed by atoms with Gasteiger partial charge in [-0.05, 0) is 18.2 Å². The molecular weight excluding hydrogens is 292 g/mol. The number of hydrogen-bond acceptors (Lipinski definition) is 4. The molecule has 1 N–H and O–H groups in total. The van der Waals surface area contributed by atoms with Gasteiger partial charge in [-0.2, -0.15) is 10.2 Å². The first-order valence-corrected chi connectivity index (χ1v) is 5.64. The molecule has 0 unspecified atom stereocenters. The highest BCUT2D eigenvalue weighted by molar-refractivity contribution is 5.77. The summed E-state index contributed by atoms with van der Waals surface area (Å²) < 4.78 is 53.4. The van der Waals surface area contributed by atoms with Gasteiger partial charge in [-0.25, -0.2) is 9.37 Å². The molecule has 0 atom stereocenters. The number of alkyl halides is 3. The molecule has 0 amide bonds. The third-order valence-corrected chi connectivity index (χ3v) is 2.63. The number of benzene rings is 1. The van der Waals surface area contributed by atoms with E-state index in [1.54, 1.807) is 0 Å². The number of fused-ring (bicyclic) bond motifs is 1. The number of imidazole rings is 1. The first-order chi connectivity index (χ1) is 9.92. The number of nitrogens with zero attached hydrogens (tertiary/aromatic N) is 3. The molecule has 21 heavy (non-hydrogen) atoms. The number of hydrogen-bond donors (Lipinski definition) is 1. The van der Waals surface area contributed by atoms with Crippen molar-refractivity contribution in [2.75, 3.05) is 0 Å². The second kappa shape index (κ2) is 4.69. The summed E-state index contributed by atoms with van der Waals surface area (Å²) in [5.41, 5.74) is 1.37. The van der Waals surface area contributed by atoms with Gasteiger partial charge in [0.2, 0.25) is 0 Å². The average molecular weight is 298 g/mol. The third-order valence-electron chi connectivity index (χ3n) is 2.63. The summed E-state index contributed by atoms with van der Waals surface area (Å²) in [6.07, 6.45) is -2.10. The van der Waals surface area contributed by atoms with Gasteiger partial charge in [0.25, 0.3) is 0 Å². The van der Waals surface area contributed by atoms with Crippen molar-refractivity contribution in [1.29, 1.82) is 0 Å². The van der Waals surface area contributed by atoms with Crippen molar-refractivity contribution < 1.29 is 22.3 Å². The Labute approximate surface area is 114 Å². The molecule has 0 aliphatic carbocycles. The second-order valence-electron chi connectivity index (χ2n) is 4.07. The summed E-state index contributed by atoms with van der Waals surface area (Å²) in [6.45, 7) is 0. The van der Waals surface area contributed by atoms with Gasteiger partial charge in [-0.15, -0.1) is 13.2 Å². The molecular formula is C12H6F4N4O. The van der Waals surface area contributed by atoms with E-state index in [0.29, 0.717) is 11.0 Å². The lowest BCUT2D eigenvalue weighted by Gasteiger charge is -2.09. The Bertz CT molecular complexity index is 766. The van der Waals surface area contributed by atoms with E-state index in [0.717, 1.165) is 12.1 Å². The Morgan fingerprint density at radius 2 is 1.86 bits per heavy atom. The van der Waals surface area contributed by atoms with Gasteiger partial charge in [0.1, 0.15) is 11.3 Å². The fourth-order valence-electron chi connectivity index (χ4n) is 1.77. The van der Waals surface area contributed by atoms with Crippen molar-refractivity contribution >= 4 is 11.0 Å². The molecule has 2 aromatic heterocycles. The smallest absolute Gasteiger partial charge is 0.403 e. The first-order valence-electron chi connectivity index (χ1n) is 5.64. The molecule has 2 heterocycles. The zero-order valence-electron chi connectivity index (χ0n) is 10.1. The Kier molecular flexibility index (Phi) is 2.96. The van der Waals surface area contributed by atoms with E-state index in [2.05, 4.69) is 24.9 Å². The van der Waals surface area contributed by atoms with E-state index >= 15 is 0 Å². The Balaban J connectivity index is 1.98. The number of ether oxygens (including phenoxy) is 1. The molecule has 0 bridgehead atoms. The lowest BCUT2D eigenvalue weighted by Crippen LogP contribution is -2.17. The largest absolute Gasteiger partial charge is 0.573 e. The Morgan fingerprint density at radius 1 is 1.10 bits per heavy atom. The molecule has 0 aliphatic rings. The van der Waals surface area contributed by atoms with Crippen LogP contribution in [0.3, 0.4) is 0 Å². The van der Waals surface area contributed by atoms with E-state index in [4.69, 9.17) is 0 Å². The molecule has 1 aromatic carbocycles. The summed E-state index contributed by atoms with van der Waals surface area (Å²) in [5, 5.41) is 7.29. The fourth-order valence-corrected chi connectivity index (χ4v) is 1.77. The number of aromatic nitrogens is 4. The predicted octanol–water partition coefficient (Wildman–Crippen LogP) is 3.06. The van der Waals surface area contributed by atoms with Gasteiger partial charge < -0.3 is 9.72 Å². The number of aromatic amines is 1. The Morgan fingerprint density at radius 3 is 2.52 bits per heavy atom. The number of rotatable bonds is 2. The van der Waals surface area contributed by atoms with Gasteiger partial charge in [-0.1, -0.05) is 0 Å². The van der Waals surface area contributed by atoms with E-state index < -0.39 is 17.9 Å². The Hall–Kier alpha value is -2.71. The highest BCUT2D eigenvalue weighted by atomic mass is 19.4. The van der Waals surface area contributed by atoms with Crippen molar-refractivity contribution in [1.82, 2.24) is 20.2 Å². The van der Waals surface area contributed by atoms with E-state index in [9.17, 15) is 17.6 Å². The van der Waals surface area contributed by atoms with Crippen LogP contribution in [0.1, 0.15) is 0 Å². The second-order valence-corrected chi connectivity index (χ2v) is 4.07. The highest BCUT2D eigenvalue weighted by Gasteiger charge is 2.32. The lowest BCUT2D eigenvalue weighted by molar-refractivity contribution is -0.275. The van der Waals surface area contributed by atoms with Crippen LogP contribution < -0.4 is 4.74 Å². The molecule has 0 radical (unpaired) electrons. The molecule has 3 rings (SSSR count). The molecule has 0 spiro atoms. The van der Waals surface area contributed by atoms with Gasteiger partial charge >= 0.3 is 6.36 Å². The average Bonchev–Trinajstić information content (AvgIpc) is 2.83. The number of halogens is 4. The summed E-state index contributed by atoms with van der Waals surface area (Å²) in [6, 6.07) is 3.06. The van der Waals surface area contributed by atoms with Crippen molar-refractivity contribution in [3.05, 3.63) is 36.4 Å². The van der Waals surface area contributed by atoms with Crippen LogP contribution in [0.5, 0.6) is 5.75 Å². The van der Waals surface area contributed by atoms with Crippen LogP contribution in [0.4, 0.5) is 17.6 Å². The quantitative estimate of drug-likeness (QED) is 0.739. The van der Waals surface area contributed by atoms with E-state index in [-0.39, 0.29) is 11.4 Å². The lowest BCUT2D eigenvalue weighted by atomic mass is 10.2. The van der Waals surface area contributed by atoms with Crippen LogP contribution in [0.2, 0.25) is 0 Å². The van der Waals surface area contributed by atoms with Crippen molar-refractivity contribution in [2.45, 2.75) is 6.36 Å². The van der Waals surface area contributed by atoms with Crippen molar-refractivity contribution in [2.24, 2.45) is 0 Å². The molecule has 0 fully saturated rings. The van der Waals surface area contributed by atoms with E-state index in [1.807, 2.05) is 0 Å². The standard InChI is InChI=1S/C12H6F4N4O/c13-7-3-6(1-2-10(7)21-12(14,15)16)11-19-8-4-17-18-5-9(8)20-11/h1-5H,(H,19,20). The van der Waals surface area contributed by atoms with E-state index in [1.165, 1.54) is 18.5 Å². The molecule has 5 nitrogen and oxygen atoms in total. The molecule has 3 aromatic rings. The monoisotopic (exact) mass is 298 g/mol. The van der Waals surface area contributed by atoms with Gasteiger partial charge in [0.05, 0.1) is 17.9 Å². The highest BCUT2D eigenvalue weighted by Crippen LogP contribution is 2.29. The summed E-state index contributed by atoms with van der Waals surface area (Å²) in [5.74, 6) is -1.75. The van der Waals surface area contributed by atoms with Crippen LogP contribution >= 0.6 is 0 Å². The number of H-pyrrole nitrogens is 1. The van der Waals surface area contributed by atoms with Crippen molar-refractivity contribution in [3.8, 4) is 17.1 Å². The fraction of sp³-hybridized carbons (Fsp3) is 0.0833. The summed E-state index contributed by atoms with van der Waals surface area (Å²) >= 11 is 0. The minimum Gasteiger partial charge on any atom is -0.403 e. The first kappa shape index (κ1) is 13.3. The van der Waals surface area contributed by atoms with Gasteiger partial charge in [-0.3, -0.25) is 0 Å². The zero-order chi connectivity index (χ0) is 15.0. The maximum absolute atomic E-state index is 13.6. The van der Waals surface area contributed by atoms with Crippen LogP contribution in [-0.4, -0.2) is 26.5 Å². The predicted molar refractivity (Wildman–Crippen MR) is 63.8 cm³/mol. The van der Waals surface area contributed by atoms with Crippen LogP contribution in [0.25, 0.3) is 22.4 Å². The van der Waals surface area contributed by atoms with Crippen LogP contribution in [0, 0.1) is 5.82 Å². The zero-order valence-corrected chi connectivity index (χ0v) is 10.1. The van der Waals surface area contributed by atoms with Gasteiger partial charge in [0, 0.05) is 5.56 Å². The molecule has 9 heteroatoms. The third kappa shape index (κ3) is 2.76. The van der Waals surface area contributed by atoms with Gasteiger partial charge in [0.15, 0.2) is 11.6 Å². The van der Waals surface area contributed by atoms with Crippen LogP contribution in [-0.2, 0) is 0 Å². The number of nitrogens with one attached hydrogen (secondary N) is 1.